The lowest BCUT2D eigenvalue weighted by atomic mass is 9.43. The first kappa shape index (κ1) is 14.4. The van der Waals surface area contributed by atoms with E-state index < -0.39 is 0 Å². The fourth-order valence-electron chi connectivity index (χ4n) is 6.84. The van der Waals surface area contributed by atoms with E-state index in [0.29, 0.717) is 23.2 Å². The molecule has 0 aromatic rings. The lowest BCUT2D eigenvalue weighted by molar-refractivity contribution is -0.140. The SMILES string of the molecule is CC12CC3CC(C)(C1)CC(NC(=O)CC1(CS)CC1)(C3)C2. The summed E-state index contributed by atoms with van der Waals surface area (Å²) < 4.78 is 0. The zero-order valence-electron chi connectivity index (χ0n) is 13.5. The van der Waals surface area contributed by atoms with Gasteiger partial charge in [-0.3, -0.25) is 4.79 Å². The maximum Gasteiger partial charge on any atom is 0.221 e. The van der Waals surface area contributed by atoms with E-state index in [1.807, 2.05) is 0 Å². The molecule has 5 aliphatic carbocycles. The van der Waals surface area contributed by atoms with Crippen LogP contribution in [0.5, 0.6) is 0 Å². The van der Waals surface area contributed by atoms with E-state index in [0.717, 1.165) is 11.7 Å². The van der Waals surface area contributed by atoms with Gasteiger partial charge in [0.05, 0.1) is 0 Å². The maximum absolute atomic E-state index is 12.6. The first-order chi connectivity index (χ1) is 9.78. The highest BCUT2D eigenvalue weighted by Gasteiger charge is 2.60. The molecule has 0 saturated heterocycles. The van der Waals surface area contributed by atoms with Gasteiger partial charge in [0.25, 0.3) is 0 Å². The molecule has 5 fully saturated rings. The van der Waals surface area contributed by atoms with Crippen molar-refractivity contribution in [2.45, 2.75) is 77.2 Å². The van der Waals surface area contributed by atoms with Gasteiger partial charge >= 0.3 is 0 Å². The third-order valence-electron chi connectivity index (χ3n) is 6.86. The maximum atomic E-state index is 12.6. The highest BCUT2D eigenvalue weighted by atomic mass is 32.1. The molecule has 1 amide bonds. The molecule has 0 aromatic heterocycles. The van der Waals surface area contributed by atoms with Crippen LogP contribution in [0.15, 0.2) is 0 Å². The lowest BCUT2D eigenvalue weighted by Crippen LogP contribution is -2.65. The summed E-state index contributed by atoms with van der Waals surface area (Å²) in [7, 11) is 0. The second-order valence-corrected chi connectivity index (χ2v) is 10.1. The molecule has 0 aliphatic heterocycles. The van der Waals surface area contributed by atoms with Crippen molar-refractivity contribution in [2.75, 3.05) is 5.75 Å². The molecule has 4 bridgehead atoms. The highest BCUT2D eigenvalue weighted by Crippen LogP contribution is 2.66. The average molecular weight is 308 g/mol. The van der Waals surface area contributed by atoms with Gasteiger partial charge in [-0.1, -0.05) is 13.8 Å². The third-order valence-corrected chi connectivity index (χ3v) is 7.53. The van der Waals surface area contributed by atoms with Gasteiger partial charge in [-0.05, 0) is 79.3 Å². The molecule has 0 aromatic carbocycles. The number of nitrogens with one attached hydrogen (secondary N) is 1. The van der Waals surface area contributed by atoms with Crippen LogP contribution in [0.2, 0.25) is 0 Å². The van der Waals surface area contributed by atoms with Gasteiger partial charge in [0.2, 0.25) is 5.91 Å². The number of hydrogen-bond donors (Lipinski definition) is 2. The first-order valence-corrected chi connectivity index (χ1v) is 9.33. The molecule has 0 spiro atoms. The van der Waals surface area contributed by atoms with Crippen molar-refractivity contribution >= 4 is 18.5 Å². The summed E-state index contributed by atoms with van der Waals surface area (Å²) in [6.07, 6.45) is 10.9. The quantitative estimate of drug-likeness (QED) is 0.757. The molecule has 2 unspecified atom stereocenters. The van der Waals surface area contributed by atoms with E-state index in [1.54, 1.807) is 0 Å². The number of rotatable bonds is 4. The number of hydrogen-bond acceptors (Lipinski definition) is 2. The van der Waals surface area contributed by atoms with Gasteiger partial charge in [-0.25, -0.2) is 0 Å². The van der Waals surface area contributed by atoms with Gasteiger partial charge in [0, 0.05) is 12.0 Å². The van der Waals surface area contributed by atoms with Crippen LogP contribution in [0.1, 0.15) is 71.6 Å². The minimum atomic E-state index is 0.118. The summed E-state index contributed by atoms with van der Waals surface area (Å²) in [5.41, 5.74) is 1.31. The van der Waals surface area contributed by atoms with Crippen LogP contribution in [-0.4, -0.2) is 17.2 Å². The number of thiol groups is 1. The molecule has 2 atom stereocenters. The van der Waals surface area contributed by atoms with Crippen molar-refractivity contribution in [3.8, 4) is 0 Å². The topological polar surface area (TPSA) is 29.1 Å². The van der Waals surface area contributed by atoms with Crippen LogP contribution < -0.4 is 5.32 Å². The van der Waals surface area contributed by atoms with Crippen molar-refractivity contribution in [1.82, 2.24) is 5.32 Å². The Balaban J connectivity index is 1.50. The first-order valence-electron chi connectivity index (χ1n) is 8.69. The van der Waals surface area contributed by atoms with Gasteiger partial charge < -0.3 is 5.32 Å². The number of amides is 1. The summed E-state index contributed by atoms with van der Waals surface area (Å²) in [6, 6.07) is 0. The molecule has 118 valence electrons. The predicted molar refractivity (Wildman–Crippen MR) is 88.4 cm³/mol. The minimum absolute atomic E-state index is 0.118. The van der Waals surface area contributed by atoms with E-state index in [9.17, 15) is 4.79 Å². The number of carbonyl (C=O) groups excluding carboxylic acids is 1. The summed E-state index contributed by atoms with van der Waals surface area (Å²) >= 11 is 4.44. The van der Waals surface area contributed by atoms with Crippen molar-refractivity contribution in [1.29, 1.82) is 0 Å². The van der Waals surface area contributed by atoms with Crippen LogP contribution in [0.3, 0.4) is 0 Å². The molecule has 2 nitrogen and oxygen atoms in total. The lowest BCUT2D eigenvalue weighted by Gasteiger charge is -2.65. The Bertz CT molecular complexity index is 466. The van der Waals surface area contributed by atoms with E-state index in [1.165, 1.54) is 51.4 Å². The van der Waals surface area contributed by atoms with Crippen LogP contribution in [-0.2, 0) is 4.79 Å². The molecular formula is C18H29NOS. The Labute approximate surface area is 134 Å². The third kappa shape index (κ3) is 2.44. The molecule has 1 N–H and O–H groups in total. The summed E-state index contributed by atoms with van der Waals surface area (Å²) in [5.74, 6) is 2.01. The van der Waals surface area contributed by atoms with Crippen molar-refractivity contribution in [2.24, 2.45) is 22.2 Å². The summed E-state index contributed by atoms with van der Waals surface area (Å²) in [4.78, 5) is 12.6. The molecule has 3 heteroatoms. The van der Waals surface area contributed by atoms with Gasteiger partial charge in [-0.2, -0.15) is 12.6 Å². The van der Waals surface area contributed by atoms with Gasteiger partial charge in [0.1, 0.15) is 0 Å². The fraction of sp³-hybridized carbons (Fsp3) is 0.944. The van der Waals surface area contributed by atoms with Crippen LogP contribution >= 0.6 is 12.6 Å². The normalized spacial score (nSPS) is 49.2. The molecule has 21 heavy (non-hydrogen) atoms. The smallest absolute Gasteiger partial charge is 0.221 e. The van der Waals surface area contributed by atoms with Crippen LogP contribution in [0.25, 0.3) is 0 Å². The van der Waals surface area contributed by atoms with E-state index in [-0.39, 0.29) is 11.0 Å². The summed E-state index contributed by atoms with van der Waals surface area (Å²) in [5, 5.41) is 3.53. The second-order valence-electron chi connectivity index (χ2n) is 9.79. The van der Waals surface area contributed by atoms with Crippen molar-refractivity contribution < 1.29 is 4.79 Å². The van der Waals surface area contributed by atoms with E-state index in [2.05, 4.69) is 31.8 Å². The van der Waals surface area contributed by atoms with E-state index in [4.69, 9.17) is 0 Å². The van der Waals surface area contributed by atoms with Crippen LogP contribution in [0, 0.1) is 22.2 Å². The minimum Gasteiger partial charge on any atom is -0.351 e. The van der Waals surface area contributed by atoms with Gasteiger partial charge in [-0.15, -0.1) is 0 Å². The largest absolute Gasteiger partial charge is 0.351 e. The highest BCUT2D eigenvalue weighted by molar-refractivity contribution is 7.80. The zero-order chi connectivity index (χ0) is 14.9. The molecule has 0 radical (unpaired) electrons. The monoisotopic (exact) mass is 307 g/mol. The molecule has 5 aliphatic rings. The standard InChI is InChI=1S/C18H29NOS/c1-15-5-13-6-16(2,9-15)11-18(7-13,10-15)19-14(20)8-17(12-21)3-4-17/h13,21H,3-12H2,1-2H3,(H,19,20). The second kappa shape index (κ2) is 4.21. The predicted octanol–water partition coefficient (Wildman–Crippen LogP) is 3.95. The van der Waals surface area contributed by atoms with Crippen molar-refractivity contribution in [3.05, 3.63) is 0 Å². The van der Waals surface area contributed by atoms with Crippen LogP contribution in [0.4, 0.5) is 0 Å². The fourth-order valence-corrected chi connectivity index (χ4v) is 7.26. The Kier molecular flexibility index (Phi) is 2.89. The molecule has 5 saturated carbocycles. The Morgan fingerprint density at radius 1 is 1.10 bits per heavy atom. The zero-order valence-corrected chi connectivity index (χ0v) is 14.4. The summed E-state index contributed by atoms with van der Waals surface area (Å²) in [6.45, 7) is 4.93. The van der Waals surface area contributed by atoms with Crippen molar-refractivity contribution in [3.63, 3.8) is 0 Å². The Morgan fingerprint density at radius 3 is 2.19 bits per heavy atom. The van der Waals surface area contributed by atoms with E-state index >= 15 is 0 Å². The average Bonchev–Trinajstić information content (AvgIpc) is 3.03. The number of carbonyl (C=O) groups is 1. The Hall–Kier alpha value is -0.180. The molecular weight excluding hydrogens is 278 g/mol. The molecule has 5 rings (SSSR count). The molecule has 0 heterocycles. The van der Waals surface area contributed by atoms with Gasteiger partial charge in [0.15, 0.2) is 0 Å². The Morgan fingerprint density at radius 2 is 1.71 bits per heavy atom.